The van der Waals surface area contributed by atoms with Gasteiger partial charge in [-0.25, -0.2) is 4.79 Å². The molecule has 0 aromatic carbocycles. The Morgan fingerprint density at radius 3 is 2.96 bits per heavy atom. The van der Waals surface area contributed by atoms with Crippen LogP contribution in [0.4, 0.5) is 9.80 Å². The van der Waals surface area contributed by atoms with Crippen molar-refractivity contribution in [3.63, 3.8) is 0 Å². The molecule has 0 bridgehead atoms. The minimum absolute atomic E-state index is 0.00891. The number of rotatable bonds is 5. The van der Waals surface area contributed by atoms with Crippen LogP contribution in [-0.2, 0) is 22.4 Å². The quantitative estimate of drug-likeness (QED) is 0.743. The van der Waals surface area contributed by atoms with Crippen molar-refractivity contribution in [2.45, 2.75) is 45.3 Å². The number of hydrogen-bond acceptors (Lipinski definition) is 6. The van der Waals surface area contributed by atoms with Crippen LogP contribution in [0.15, 0.2) is 28.9 Å². The summed E-state index contributed by atoms with van der Waals surface area (Å²) in [5, 5.41) is 15.5. The van der Waals surface area contributed by atoms with E-state index in [4.69, 9.17) is 9.15 Å². The molecule has 146 valence electrons. The fourth-order valence-corrected chi connectivity index (χ4v) is 4.25. The molecule has 0 radical (unpaired) electrons. The summed E-state index contributed by atoms with van der Waals surface area (Å²) in [6.45, 7) is 3.74. The normalized spacial score (nSPS) is 15.9. The van der Waals surface area contributed by atoms with Gasteiger partial charge >= 0.3 is 6.09 Å². The van der Waals surface area contributed by atoms with Crippen LogP contribution in [0, 0.1) is 11.3 Å². The van der Waals surface area contributed by atoms with Gasteiger partial charge in [-0.15, -0.1) is 11.3 Å². The molecule has 1 aliphatic carbocycles. The average Bonchev–Trinajstić information content (AvgIpc) is 3.25. The minimum atomic E-state index is -0.433. The molecule has 2 aromatic rings. The van der Waals surface area contributed by atoms with E-state index >= 15 is 0 Å². The van der Waals surface area contributed by atoms with E-state index in [1.54, 1.807) is 18.2 Å². The highest BCUT2D eigenvalue weighted by atomic mass is 32.1. The molecule has 0 aliphatic heterocycles. The Kier molecular flexibility index (Phi) is 6.16. The van der Waals surface area contributed by atoms with Gasteiger partial charge in [0.15, 0.2) is 0 Å². The van der Waals surface area contributed by atoms with E-state index in [1.165, 1.54) is 23.7 Å². The summed E-state index contributed by atoms with van der Waals surface area (Å²) < 4.78 is 10.6. The third-order valence-corrected chi connectivity index (χ3v) is 5.36. The number of alkyl carbamates (subject to hydrolysis) is 1. The van der Waals surface area contributed by atoms with Crippen molar-refractivity contribution in [1.29, 1.82) is 5.26 Å². The summed E-state index contributed by atoms with van der Waals surface area (Å²) in [5.41, 5.74) is 1.42. The number of anilines is 1. The number of nitrogens with one attached hydrogen (secondary N) is 2. The standard InChI is InChI=1S/C20H21N3O4S/c1-12(2)22-20(25)27-14-5-7-15-16(11-21)19(28-17(15)10-14)23-18(24)8-6-13-4-3-9-26-13/h3-4,6,8-9,12,14H,5,7,10H2,1-2H3,(H,22,25)(H,23,24)/b8-6+. The first-order valence-corrected chi connectivity index (χ1v) is 9.82. The van der Waals surface area contributed by atoms with Gasteiger partial charge in [-0.3, -0.25) is 4.79 Å². The molecule has 28 heavy (non-hydrogen) atoms. The zero-order valence-corrected chi connectivity index (χ0v) is 16.5. The average molecular weight is 399 g/mol. The summed E-state index contributed by atoms with van der Waals surface area (Å²) in [6.07, 6.45) is 5.60. The first kappa shape index (κ1) is 19.7. The molecule has 2 amide bonds. The molecule has 0 saturated carbocycles. The van der Waals surface area contributed by atoms with E-state index < -0.39 is 6.09 Å². The largest absolute Gasteiger partial charge is 0.465 e. The van der Waals surface area contributed by atoms with E-state index in [9.17, 15) is 14.9 Å². The highest BCUT2D eigenvalue weighted by Crippen LogP contribution is 2.38. The summed E-state index contributed by atoms with van der Waals surface area (Å²) in [6, 6.07) is 5.68. The highest BCUT2D eigenvalue weighted by Gasteiger charge is 2.28. The van der Waals surface area contributed by atoms with Gasteiger partial charge in [0.1, 0.15) is 22.9 Å². The molecule has 0 saturated heterocycles. The number of nitriles is 1. The van der Waals surface area contributed by atoms with Crippen LogP contribution < -0.4 is 10.6 Å². The Balaban J connectivity index is 1.68. The highest BCUT2D eigenvalue weighted by molar-refractivity contribution is 7.16. The number of hydrogen-bond donors (Lipinski definition) is 2. The maximum absolute atomic E-state index is 12.2. The smallest absolute Gasteiger partial charge is 0.407 e. The molecular weight excluding hydrogens is 378 g/mol. The van der Waals surface area contributed by atoms with Crippen LogP contribution >= 0.6 is 11.3 Å². The predicted octanol–water partition coefficient (Wildman–Crippen LogP) is 3.86. The van der Waals surface area contributed by atoms with Gasteiger partial charge in [0.25, 0.3) is 0 Å². The Hall–Kier alpha value is -3.05. The lowest BCUT2D eigenvalue weighted by atomic mass is 9.94. The summed E-state index contributed by atoms with van der Waals surface area (Å²) >= 11 is 1.36. The van der Waals surface area contributed by atoms with E-state index in [1.807, 2.05) is 13.8 Å². The maximum Gasteiger partial charge on any atom is 0.407 e. The van der Waals surface area contributed by atoms with Gasteiger partial charge in [0, 0.05) is 23.4 Å². The van der Waals surface area contributed by atoms with E-state index in [2.05, 4.69) is 16.7 Å². The van der Waals surface area contributed by atoms with Crippen molar-refractivity contribution in [2.75, 3.05) is 5.32 Å². The number of nitrogens with zero attached hydrogens (tertiary/aromatic N) is 1. The summed E-state index contributed by atoms with van der Waals surface area (Å²) in [5.74, 6) is 0.233. The van der Waals surface area contributed by atoms with Gasteiger partial charge in [-0.1, -0.05) is 0 Å². The van der Waals surface area contributed by atoms with Gasteiger partial charge in [0.2, 0.25) is 5.91 Å². The van der Waals surface area contributed by atoms with Crippen molar-refractivity contribution in [3.8, 4) is 6.07 Å². The zero-order valence-electron chi connectivity index (χ0n) is 15.7. The molecular formula is C20H21N3O4S. The number of furan rings is 1. The number of carbonyl (C=O) groups is 2. The Bertz CT molecular complexity index is 922. The summed E-state index contributed by atoms with van der Waals surface area (Å²) in [7, 11) is 0. The molecule has 1 atom stereocenters. The van der Waals surface area contributed by atoms with Crippen LogP contribution in [0.5, 0.6) is 0 Å². The number of fused-ring (bicyclic) bond motifs is 1. The van der Waals surface area contributed by atoms with Crippen molar-refractivity contribution in [2.24, 2.45) is 0 Å². The lowest BCUT2D eigenvalue weighted by molar-refractivity contribution is -0.111. The van der Waals surface area contributed by atoms with Gasteiger partial charge in [-0.05, 0) is 50.5 Å². The Morgan fingerprint density at radius 1 is 1.46 bits per heavy atom. The van der Waals surface area contributed by atoms with Crippen molar-refractivity contribution >= 4 is 34.4 Å². The lowest BCUT2D eigenvalue weighted by Crippen LogP contribution is -2.35. The molecule has 2 aromatic heterocycles. The zero-order chi connectivity index (χ0) is 20.1. The molecule has 1 unspecified atom stereocenters. The molecule has 0 spiro atoms. The SMILES string of the molecule is CC(C)NC(=O)OC1CCc2c(sc(NC(=O)/C=C/c3ccco3)c2C#N)C1. The van der Waals surface area contributed by atoms with Crippen LogP contribution in [0.2, 0.25) is 0 Å². The molecule has 2 N–H and O–H groups in total. The fourth-order valence-electron chi connectivity index (χ4n) is 2.98. The molecule has 2 heterocycles. The first-order valence-electron chi connectivity index (χ1n) is 9.00. The Labute approximate surface area is 167 Å². The first-order chi connectivity index (χ1) is 13.5. The number of amides is 2. The van der Waals surface area contributed by atoms with Crippen molar-refractivity contribution in [1.82, 2.24) is 5.32 Å². The molecule has 1 aliphatic rings. The van der Waals surface area contributed by atoms with Crippen molar-refractivity contribution < 1.29 is 18.7 Å². The summed E-state index contributed by atoms with van der Waals surface area (Å²) in [4.78, 5) is 25.0. The van der Waals surface area contributed by atoms with Crippen LogP contribution in [-0.4, -0.2) is 24.1 Å². The second-order valence-electron chi connectivity index (χ2n) is 6.73. The third kappa shape index (κ3) is 4.81. The second-order valence-corrected chi connectivity index (χ2v) is 7.83. The molecule has 8 heteroatoms. The number of ether oxygens (including phenoxy) is 1. The van der Waals surface area contributed by atoms with Gasteiger partial charge < -0.3 is 19.8 Å². The second kappa shape index (κ2) is 8.76. The van der Waals surface area contributed by atoms with Crippen LogP contribution in [0.1, 0.15) is 42.0 Å². The topological polar surface area (TPSA) is 104 Å². The third-order valence-electron chi connectivity index (χ3n) is 4.19. The predicted molar refractivity (Wildman–Crippen MR) is 106 cm³/mol. The van der Waals surface area contributed by atoms with Gasteiger partial charge in [0.05, 0.1) is 11.8 Å². The van der Waals surface area contributed by atoms with E-state index in [0.717, 1.165) is 10.4 Å². The monoisotopic (exact) mass is 399 g/mol. The molecule has 7 nitrogen and oxygen atoms in total. The number of carbonyl (C=O) groups excluding carboxylic acids is 2. The fraction of sp³-hybridized carbons (Fsp3) is 0.350. The van der Waals surface area contributed by atoms with Gasteiger partial charge in [-0.2, -0.15) is 5.26 Å². The minimum Gasteiger partial charge on any atom is -0.465 e. The Morgan fingerprint density at radius 2 is 2.29 bits per heavy atom. The van der Waals surface area contributed by atoms with E-state index in [0.29, 0.717) is 35.6 Å². The maximum atomic E-state index is 12.2. The van der Waals surface area contributed by atoms with E-state index in [-0.39, 0.29) is 18.1 Å². The molecule has 3 rings (SSSR count). The van der Waals surface area contributed by atoms with Crippen LogP contribution in [0.3, 0.4) is 0 Å². The van der Waals surface area contributed by atoms with Crippen LogP contribution in [0.25, 0.3) is 6.08 Å². The van der Waals surface area contributed by atoms with Crippen molar-refractivity contribution in [3.05, 3.63) is 46.2 Å². The number of thiophene rings is 1. The lowest BCUT2D eigenvalue weighted by Gasteiger charge is -2.23. The molecule has 0 fully saturated rings.